The van der Waals surface area contributed by atoms with Gasteiger partial charge in [-0.25, -0.2) is 5.43 Å². The van der Waals surface area contributed by atoms with Crippen molar-refractivity contribution in [3.05, 3.63) is 52.7 Å². The molecule has 2 rings (SSSR count). The van der Waals surface area contributed by atoms with Crippen molar-refractivity contribution in [3.63, 3.8) is 0 Å². The van der Waals surface area contributed by atoms with Gasteiger partial charge in [0.05, 0.1) is 5.71 Å². The highest BCUT2D eigenvalue weighted by molar-refractivity contribution is 7.12. The first-order chi connectivity index (χ1) is 10.6. The zero-order chi connectivity index (χ0) is 15.8. The third-order valence-electron chi connectivity index (χ3n) is 2.86. The molecule has 0 bridgehead atoms. The maximum absolute atomic E-state index is 11.7. The number of anilines is 1. The second kappa shape index (κ2) is 8.09. The molecule has 6 heteroatoms. The maximum Gasteiger partial charge on any atom is 0.240 e. The lowest BCUT2D eigenvalue weighted by Gasteiger charge is -2.04. The van der Waals surface area contributed by atoms with Crippen molar-refractivity contribution < 1.29 is 9.59 Å². The van der Waals surface area contributed by atoms with E-state index >= 15 is 0 Å². The molecule has 2 amide bonds. The summed E-state index contributed by atoms with van der Waals surface area (Å²) < 4.78 is 0. The van der Waals surface area contributed by atoms with Crippen molar-refractivity contribution in [1.82, 2.24) is 5.43 Å². The fourth-order valence-electron chi connectivity index (χ4n) is 1.71. The van der Waals surface area contributed by atoms with E-state index in [2.05, 4.69) is 15.8 Å². The molecule has 2 aromatic rings. The average Bonchev–Trinajstić information content (AvgIpc) is 3.06. The van der Waals surface area contributed by atoms with Crippen molar-refractivity contribution in [1.29, 1.82) is 0 Å². The van der Waals surface area contributed by atoms with Crippen LogP contribution in [0.2, 0.25) is 0 Å². The topological polar surface area (TPSA) is 70.6 Å². The van der Waals surface area contributed by atoms with Gasteiger partial charge in [0.1, 0.15) is 0 Å². The third kappa shape index (κ3) is 5.14. The van der Waals surface area contributed by atoms with Crippen LogP contribution in [0.4, 0.5) is 5.69 Å². The lowest BCUT2D eigenvalue weighted by atomic mass is 10.2. The Morgan fingerprint density at radius 2 is 1.77 bits per heavy atom. The number of benzene rings is 1. The molecule has 0 aliphatic heterocycles. The minimum Gasteiger partial charge on any atom is -0.326 e. The molecule has 1 aromatic heterocycles. The highest BCUT2D eigenvalue weighted by Gasteiger charge is 2.07. The summed E-state index contributed by atoms with van der Waals surface area (Å²) in [6.07, 6.45) is 0.216. The minimum atomic E-state index is -0.279. The van der Waals surface area contributed by atoms with E-state index in [0.717, 1.165) is 16.3 Å². The molecule has 0 spiro atoms. The van der Waals surface area contributed by atoms with Crippen LogP contribution in [-0.2, 0) is 9.59 Å². The van der Waals surface area contributed by atoms with Crippen LogP contribution in [0.25, 0.3) is 0 Å². The Bertz CT molecular complexity index is 651. The van der Waals surface area contributed by atoms with Gasteiger partial charge >= 0.3 is 0 Å². The van der Waals surface area contributed by atoms with Crippen LogP contribution in [0.15, 0.2) is 52.9 Å². The second-order valence-corrected chi connectivity index (χ2v) is 5.57. The van der Waals surface area contributed by atoms with Crippen LogP contribution in [0, 0.1) is 0 Å². The number of hydrazone groups is 1. The summed E-state index contributed by atoms with van der Waals surface area (Å²) in [5.41, 5.74) is 3.93. The van der Waals surface area contributed by atoms with E-state index in [1.807, 2.05) is 42.6 Å². The number of para-hydroxylation sites is 1. The standard InChI is InChI=1S/C16H17N3O2S/c1-12(14-8-5-11-22-14)18-19-16(21)10-9-15(20)17-13-6-3-2-4-7-13/h2-8,11H,9-10H2,1H3,(H,17,20)(H,19,21)/b18-12+. The molecule has 22 heavy (non-hydrogen) atoms. The predicted molar refractivity (Wildman–Crippen MR) is 89.0 cm³/mol. The van der Waals surface area contributed by atoms with Gasteiger partial charge in [-0.1, -0.05) is 24.3 Å². The molecule has 0 saturated carbocycles. The fourth-order valence-corrected chi connectivity index (χ4v) is 2.39. The maximum atomic E-state index is 11.7. The van der Waals surface area contributed by atoms with E-state index in [-0.39, 0.29) is 24.7 Å². The molecule has 0 atom stereocenters. The molecular formula is C16H17N3O2S. The van der Waals surface area contributed by atoms with Gasteiger partial charge in [-0.3, -0.25) is 9.59 Å². The lowest BCUT2D eigenvalue weighted by Crippen LogP contribution is -2.21. The third-order valence-corrected chi connectivity index (χ3v) is 3.84. The number of hydrogen-bond donors (Lipinski definition) is 2. The van der Waals surface area contributed by atoms with Crippen LogP contribution in [-0.4, -0.2) is 17.5 Å². The summed E-state index contributed by atoms with van der Waals surface area (Å²) in [6, 6.07) is 13.0. The van der Waals surface area contributed by atoms with Crippen LogP contribution >= 0.6 is 11.3 Å². The van der Waals surface area contributed by atoms with E-state index in [0.29, 0.717) is 0 Å². The molecule has 0 fully saturated rings. The van der Waals surface area contributed by atoms with Crippen molar-refractivity contribution in [2.45, 2.75) is 19.8 Å². The number of amides is 2. The molecule has 0 aliphatic carbocycles. The van der Waals surface area contributed by atoms with Crippen LogP contribution in [0.3, 0.4) is 0 Å². The molecule has 2 N–H and O–H groups in total. The van der Waals surface area contributed by atoms with E-state index in [4.69, 9.17) is 0 Å². The van der Waals surface area contributed by atoms with Crippen LogP contribution in [0.5, 0.6) is 0 Å². The van der Waals surface area contributed by atoms with Crippen molar-refractivity contribution in [3.8, 4) is 0 Å². The number of hydrogen-bond acceptors (Lipinski definition) is 4. The number of rotatable bonds is 6. The highest BCUT2D eigenvalue weighted by Crippen LogP contribution is 2.09. The lowest BCUT2D eigenvalue weighted by molar-refractivity contribution is -0.124. The average molecular weight is 315 g/mol. The molecule has 0 radical (unpaired) electrons. The number of carbonyl (C=O) groups is 2. The molecule has 114 valence electrons. The summed E-state index contributed by atoms with van der Waals surface area (Å²) >= 11 is 1.56. The van der Waals surface area contributed by atoms with Crippen molar-refractivity contribution in [2.75, 3.05) is 5.32 Å². The normalized spacial score (nSPS) is 11.0. The van der Waals surface area contributed by atoms with Crippen LogP contribution < -0.4 is 10.7 Å². The monoisotopic (exact) mass is 315 g/mol. The Kier molecular flexibility index (Phi) is 5.85. The summed E-state index contributed by atoms with van der Waals surface area (Å²) in [7, 11) is 0. The van der Waals surface area contributed by atoms with Gasteiger partial charge in [-0.15, -0.1) is 11.3 Å². The Morgan fingerprint density at radius 1 is 1.05 bits per heavy atom. The Balaban J connectivity index is 1.73. The summed E-state index contributed by atoms with van der Waals surface area (Å²) in [5.74, 6) is -0.473. The van der Waals surface area contributed by atoms with Gasteiger partial charge in [0.2, 0.25) is 11.8 Å². The predicted octanol–water partition coefficient (Wildman–Crippen LogP) is 3.01. The zero-order valence-corrected chi connectivity index (χ0v) is 13.0. The Morgan fingerprint density at radius 3 is 2.45 bits per heavy atom. The molecule has 5 nitrogen and oxygen atoms in total. The first-order valence-corrected chi connectivity index (χ1v) is 7.75. The minimum absolute atomic E-state index is 0.0971. The molecule has 1 aromatic carbocycles. The van der Waals surface area contributed by atoms with E-state index in [9.17, 15) is 9.59 Å². The first kappa shape index (κ1) is 15.9. The fraction of sp³-hybridized carbons (Fsp3) is 0.188. The molecule has 0 aliphatic rings. The zero-order valence-electron chi connectivity index (χ0n) is 12.2. The van der Waals surface area contributed by atoms with Gasteiger partial charge in [-0.05, 0) is 30.5 Å². The Hall–Kier alpha value is -2.47. The first-order valence-electron chi connectivity index (χ1n) is 6.87. The van der Waals surface area contributed by atoms with Gasteiger partial charge in [0, 0.05) is 23.4 Å². The molecule has 1 heterocycles. The Labute approximate surface area is 133 Å². The second-order valence-electron chi connectivity index (χ2n) is 4.62. The SMILES string of the molecule is C/C(=N\NC(=O)CCC(=O)Nc1ccccc1)c1cccs1. The summed E-state index contributed by atoms with van der Waals surface area (Å²) in [4.78, 5) is 24.4. The van der Waals surface area contributed by atoms with Gasteiger partial charge in [0.25, 0.3) is 0 Å². The quantitative estimate of drug-likeness (QED) is 0.635. The van der Waals surface area contributed by atoms with Crippen LogP contribution in [0.1, 0.15) is 24.6 Å². The number of nitrogens with zero attached hydrogens (tertiary/aromatic N) is 1. The largest absolute Gasteiger partial charge is 0.326 e. The van der Waals surface area contributed by atoms with Gasteiger partial charge in [-0.2, -0.15) is 5.10 Å². The van der Waals surface area contributed by atoms with Gasteiger partial charge in [0.15, 0.2) is 0 Å². The number of nitrogens with one attached hydrogen (secondary N) is 2. The van der Waals surface area contributed by atoms with E-state index in [1.54, 1.807) is 23.5 Å². The van der Waals surface area contributed by atoms with E-state index in [1.165, 1.54) is 0 Å². The highest BCUT2D eigenvalue weighted by atomic mass is 32.1. The molecular weight excluding hydrogens is 298 g/mol. The van der Waals surface area contributed by atoms with Gasteiger partial charge < -0.3 is 5.32 Å². The summed E-state index contributed by atoms with van der Waals surface area (Å²) in [5, 5.41) is 8.70. The van der Waals surface area contributed by atoms with Crippen molar-refractivity contribution in [2.24, 2.45) is 5.10 Å². The number of carbonyl (C=O) groups excluding carboxylic acids is 2. The van der Waals surface area contributed by atoms with E-state index < -0.39 is 0 Å². The molecule has 0 unspecified atom stereocenters. The van der Waals surface area contributed by atoms with Crippen molar-refractivity contribution >= 4 is 34.6 Å². The molecule has 0 saturated heterocycles. The smallest absolute Gasteiger partial charge is 0.240 e. The summed E-state index contributed by atoms with van der Waals surface area (Å²) in [6.45, 7) is 1.83. The number of thiophene rings is 1.